The van der Waals surface area contributed by atoms with E-state index < -0.39 is 18.5 Å². The van der Waals surface area contributed by atoms with Crippen molar-refractivity contribution in [3.8, 4) is 5.75 Å². The highest BCUT2D eigenvalue weighted by molar-refractivity contribution is 5.71. The number of carboxylic acids is 1. The number of nitrogens with one attached hydrogen (secondary N) is 3. The van der Waals surface area contributed by atoms with Gasteiger partial charge >= 0.3 is 12.6 Å². The second-order valence-electron chi connectivity index (χ2n) is 7.58. The minimum absolute atomic E-state index is 0.0762. The zero-order valence-corrected chi connectivity index (χ0v) is 15.8. The SMILES string of the molecule is Cc1ccc(C2NNC3NC(c4ccc(OC(F)F)cc4)CC(C(=O)O)C32)cc1. The zero-order valence-electron chi connectivity index (χ0n) is 15.8. The summed E-state index contributed by atoms with van der Waals surface area (Å²) in [6.07, 6.45) is 0.162. The van der Waals surface area contributed by atoms with Gasteiger partial charge in [-0.05, 0) is 36.6 Å². The third kappa shape index (κ3) is 4.10. The molecule has 4 N–H and O–H groups in total. The van der Waals surface area contributed by atoms with Crippen LogP contribution < -0.4 is 20.9 Å². The van der Waals surface area contributed by atoms with Crippen LogP contribution in [-0.2, 0) is 4.79 Å². The fourth-order valence-corrected chi connectivity index (χ4v) is 4.34. The summed E-state index contributed by atoms with van der Waals surface area (Å²) >= 11 is 0. The van der Waals surface area contributed by atoms with Gasteiger partial charge in [-0.2, -0.15) is 8.78 Å². The molecule has 154 valence electrons. The third-order valence-electron chi connectivity index (χ3n) is 5.76. The zero-order chi connectivity index (χ0) is 20.5. The summed E-state index contributed by atoms with van der Waals surface area (Å²) in [5.41, 5.74) is 9.45. The second kappa shape index (κ2) is 8.06. The third-order valence-corrected chi connectivity index (χ3v) is 5.76. The summed E-state index contributed by atoms with van der Waals surface area (Å²) in [7, 11) is 0. The quantitative estimate of drug-likeness (QED) is 0.614. The van der Waals surface area contributed by atoms with Crippen LogP contribution in [0.4, 0.5) is 8.78 Å². The molecule has 0 amide bonds. The second-order valence-corrected chi connectivity index (χ2v) is 7.58. The lowest BCUT2D eigenvalue weighted by molar-refractivity contribution is -0.146. The molecule has 0 aliphatic carbocycles. The molecule has 6 nitrogen and oxygen atoms in total. The minimum Gasteiger partial charge on any atom is -0.481 e. The van der Waals surface area contributed by atoms with Gasteiger partial charge < -0.3 is 9.84 Å². The van der Waals surface area contributed by atoms with E-state index >= 15 is 0 Å². The van der Waals surface area contributed by atoms with Crippen molar-refractivity contribution in [2.75, 3.05) is 0 Å². The Morgan fingerprint density at radius 2 is 1.72 bits per heavy atom. The van der Waals surface area contributed by atoms with E-state index in [-0.39, 0.29) is 29.9 Å². The molecule has 0 radical (unpaired) electrons. The van der Waals surface area contributed by atoms with E-state index in [1.165, 1.54) is 12.1 Å². The number of carbonyl (C=O) groups is 1. The molecule has 2 aliphatic rings. The molecule has 5 unspecified atom stereocenters. The lowest BCUT2D eigenvalue weighted by Crippen LogP contribution is -2.53. The van der Waals surface area contributed by atoms with Crippen molar-refractivity contribution < 1.29 is 23.4 Å². The van der Waals surface area contributed by atoms with E-state index in [0.717, 1.165) is 16.7 Å². The molecular formula is C21H23F2N3O3. The topological polar surface area (TPSA) is 82.6 Å². The van der Waals surface area contributed by atoms with Crippen molar-refractivity contribution >= 4 is 5.97 Å². The van der Waals surface area contributed by atoms with Crippen LogP contribution in [0.3, 0.4) is 0 Å². The Hall–Kier alpha value is -2.55. The van der Waals surface area contributed by atoms with E-state index in [1.807, 2.05) is 31.2 Å². The van der Waals surface area contributed by atoms with Crippen LogP contribution in [0.1, 0.15) is 35.2 Å². The molecule has 5 atom stereocenters. The van der Waals surface area contributed by atoms with E-state index in [9.17, 15) is 18.7 Å². The predicted octanol–water partition coefficient (Wildman–Crippen LogP) is 3.12. The van der Waals surface area contributed by atoms with Crippen LogP contribution in [0, 0.1) is 18.8 Å². The van der Waals surface area contributed by atoms with Gasteiger partial charge in [0.15, 0.2) is 0 Å². The van der Waals surface area contributed by atoms with Gasteiger partial charge in [0, 0.05) is 12.0 Å². The maximum Gasteiger partial charge on any atom is 0.387 e. The van der Waals surface area contributed by atoms with E-state index in [1.54, 1.807) is 12.1 Å². The molecule has 2 heterocycles. The monoisotopic (exact) mass is 403 g/mol. The highest BCUT2D eigenvalue weighted by Crippen LogP contribution is 2.42. The van der Waals surface area contributed by atoms with E-state index in [0.29, 0.717) is 6.42 Å². The van der Waals surface area contributed by atoms with Crippen LogP contribution >= 0.6 is 0 Å². The molecule has 0 spiro atoms. The summed E-state index contributed by atoms with van der Waals surface area (Å²) < 4.78 is 29.1. The average Bonchev–Trinajstić information content (AvgIpc) is 3.12. The lowest BCUT2D eigenvalue weighted by atomic mass is 9.75. The highest BCUT2D eigenvalue weighted by Gasteiger charge is 2.49. The van der Waals surface area contributed by atoms with Gasteiger partial charge in [-0.25, -0.2) is 10.9 Å². The number of aryl methyl sites for hydroxylation is 1. The summed E-state index contributed by atoms with van der Waals surface area (Å²) in [4.78, 5) is 12.1. The van der Waals surface area contributed by atoms with Gasteiger partial charge in [-0.1, -0.05) is 42.0 Å². The van der Waals surface area contributed by atoms with Crippen molar-refractivity contribution in [3.05, 3.63) is 65.2 Å². The summed E-state index contributed by atoms with van der Waals surface area (Å²) in [6, 6.07) is 14.0. The Labute approximate surface area is 167 Å². The number of ether oxygens (including phenoxy) is 1. The maximum absolute atomic E-state index is 12.3. The predicted molar refractivity (Wildman–Crippen MR) is 102 cm³/mol. The number of carboxylic acid groups (broad SMARTS) is 1. The number of aliphatic carboxylic acids is 1. The Morgan fingerprint density at radius 3 is 2.34 bits per heavy atom. The Kier molecular flexibility index (Phi) is 5.49. The summed E-state index contributed by atoms with van der Waals surface area (Å²) in [6.45, 7) is -0.865. The molecule has 2 aromatic carbocycles. The largest absolute Gasteiger partial charge is 0.481 e. The first-order valence-electron chi connectivity index (χ1n) is 9.53. The van der Waals surface area contributed by atoms with Crippen molar-refractivity contribution in [3.63, 3.8) is 0 Å². The number of hydrogen-bond acceptors (Lipinski definition) is 5. The maximum atomic E-state index is 12.3. The highest BCUT2D eigenvalue weighted by atomic mass is 19.3. The molecule has 8 heteroatoms. The normalized spacial score (nSPS) is 28.9. The molecule has 0 bridgehead atoms. The number of halogens is 2. The Balaban J connectivity index is 1.55. The number of benzene rings is 2. The van der Waals surface area contributed by atoms with Crippen LogP contribution in [0.5, 0.6) is 5.75 Å². The minimum atomic E-state index is -2.88. The summed E-state index contributed by atoms with van der Waals surface area (Å²) in [5, 5.41) is 13.4. The fraction of sp³-hybridized carbons (Fsp3) is 0.381. The smallest absolute Gasteiger partial charge is 0.387 e. The summed E-state index contributed by atoms with van der Waals surface area (Å²) in [5.74, 6) is -1.51. The molecule has 29 heavy (non-hydrogen) atoms. The van der Waals surface area contributed by atoms with Crippen molar-refractivity contribution in [2.45, 2.75) is 38.2 Å². The number of hydrazine groups is 1. The van der Waals surface area contributed by atoms with Gasteiger partial charge in [-0.15, -0.1) is 0 Å². The van der Waals surface area contributed by atoms with Gasteiger partial charge in [-0.3, -0.25) is 10.1 Å². The van der Waals surface area contributed by atoms with Crippen LogP contribution in [0.25, 0.3) is 0 Å². The number of alkyl halides is 2. The Morgan fingerprint density at radius 1 is 1.07 bits per heavy atom. The molecule has 2 saturated heterocycles. The lowest BCUT2D eigenvalue weighted by Gasteiger charge is -2.39. The van der Waals surface area contributed by atoms with Crippen LogP contribution in [0.2, 0.25) is 0 Å². The molecule has 0 aromatic heterocycles. The standard InChI is InChI=1S/C21H23F2N3O3/c1-11-2-4-13(5-3-11)18-17-15(20(27)28)10-16(24-19(17)26-25-18)12-6-8-14(9-7-12)29-21(22)23/h2-9,15-19,21,24-26H,10H2,1H3,(H,27,28). The fourth-order valence-electron chi connectivity index (χ4n) is 4.34. The molecule has 2 fully saturated rings. The van der Waals surface area contributed by atoms with Crippen molar-refractivity contribution in [2.24, 2.45) is 11.8 Å². The van der Waals surface area contributed by atoms with Crippen LogP contribution in [-0.4, -0.2) is 23.9 Å². The Bertz CT molecular complexity index is 860. The van der Waals surface area contributed by atoms with Gasteiger partial charge in [0.1, 0.15) is 5.75 Å². The molecule has 4 rings (SSSR count). The number of rotatable bonds is 5. The first-order chi connectivity index (χ1) is 13.9. The van der Waals surface area contributed by atoms with E-state index in [2.05, 4.69) is 20.9 Å². The molecule has 2 aliphatic heterocycles. The van der Waals surface area contributed by atoms with Gasteiger partial charge in [0.05, 0.1) is 18.1 Å². The van der Waals surface area contributed by atoms with Gasteiger partial charge in [0.25, 0.3) is 0 Å². The van der Waals surface area contributed by atoms with Crippen molar-refractivity contribution in [1.82, 2.24) is 16.2 Å². The van der Waals surface area contributed by atoms with Crippen LogP contribution in [0.15, 0.2) is 48.5 Å². The number of piperidine rings is 1. The molecule has 0 saturated carbocycles. The van der Waals surface area contributed by atoms with Crippen molar-refractivity contribution in [1.29, 1.82) is 0 Å². The molecular weight excluding hydrogens is 380 g/mol. The first-order valence-corrected chi connectivity index (χ1v) is 9.53. The first kappa shape index (κ1) is 19.8. The molecule has 2 aromatic rings. The van der Waals surface area contributed by atoms with Gasteiger partial charge in [0.2, 0.25) is 0 Å². The average molecular weight is 403 g/mol. The number of fused-ring (bicyclic) bond motifs is 1. The van der Waals surface area contributed by atoms with E-state index in [4.69, 9.17) is 0 Å². The number of hydrogen-bond donors (Lipinski definition) is 4.